The summed E-state index contributed by atoms with van der Waals surface area (Å²) in [5.41, 5.74) is 0. The van der Waals surface area contributed by atoms with Crippen molar-refractivity contribution in [1.82, 2.24) is 10.6 Å². The first-order valence-corrected chi connectivity index (χ1v) is 8.80. The van der Waals surface area contributed by atoms with Crippen molar-refractivity contribution in [3.8, 4) is 0 Å². The third kappa shape index (κ3) is 2.38. The van der Waals surface area contributed by atoms with Gasteiger partial charge in [0.25, 0.3) is 0 Å². The highest BCUT2D eigenvalue weighted by atomic mass is 16.1. The molecule has 1 aliphatic heterocycles. The molecule has 112 valence electrons. The van der Waals surface area contributed by atoms with Crippen molar-refractivity contribution in [1.29, 1.82) is 0 Å². The van der Waals surface area contributed by atoms with Gasteiger partial charge in [-0.2, -0.15) is 0 Å². The molecule has 20 heavy (non-hydrogen) atoms. The van der Waals surface area contributed by atoms with Crippen LogP contribution in [0.4, 0.5) is 0 Å². The number of hydrogen-bond acceptors (Lipinski definition) is 2. The van der Waals surface area contributed by atoms with Gasteiger partial charge in [0.05, 0.1) is 0 Å². The zero-order valence-electron chi connectivity index (χ0n) is 12.4. The van der Waals surface area contributed by atoms with E-state index in [1.165, 1.54) is 44.9 Å². The van der Waals surface area contributed by atoms with E-state index in [-0.39, 0.29) is 0 Å². The van der Waals surface area contributed by atoms with Crippen molar-refractivity contribution in [3.63, 3.8) is 0 Å². The summed E-state index contributed by atoms with van der Waals surface area (Å²) < 4.78 is 0. The predicted octanol–water partition coefficient (Wildman–Crippen LogP) is 2.32. The minimum atomic E-state index is 0.360. The van der Waals surface area contributed by atoms with E-state index in [1.54, 1.807) is 0 Å². The van der Waals surface area contributed by atoms with Gasteiger partial charge < -0.3 is 10.6 Å². The van der Waals surface area contributed by atoms with E-state index >= 15 is 0 Å². The van der Waals surface area contributed by atoms with Crippen LogP contribution in [0.15, 0.2) is 0 Å². The molecule has 2 N–H and O–H groups in total. The molecule has 1 heterocycles. The van der Waals surface area contributed by atoms with E-state index < -0.39 is 0 Å². The van der Waals surface area contributed by atoms with Crippen molar-refractivity contribution >= 4 is 5.91 Å². The van der Waals surface area contributed by atoms with Crippen LogP contribution in [0.2, 0.25) is 0 Å². The molecule has 0 aromatic carbocycles. The molecule has 5 aliphatic rings. The molecule has 0 aromatic heterocycles. The molecule has 3 heteroatoms. The maximum Gasteiger partial charge on any atom is 0.223 e. The highest BCUT2D eigenvalue weighted by Gasteiger charge is 2.50. The van der Waals surface area contributed by atoms with Gasteiger partial charge in [0, 0.05) is 18.5 Å². The molecular weight excluding hydrogens is 248 g/mol. The summed E-state index contributed by atoms with van der Waals surface area (Å²) in [4.78, 5) is 12.6. The number of amides is 1. The van der Waals surface area contributed by atoms with E-state index in [0.717, 1.165) is 43.2 Å². The first-order chi connectivity index (χ1) is 9.79. The quantitative estimate of drug-likeness (QED) is 0.827. The lowest BCUT2D eigenvalue weighted by Gasteiger charge is -2.53. The minimum absolute atomic E-state index is 0.360. The van der Waals surface area contributed by atoms with Crippen LogP contribution in [0, 0.1) is 29.6 Å². The summed E-state index contributed by atoms with van der Waals surface area (Å²) in [5, 5.41) is 6.77. The third-order valence-electron chi connectivity index (χ3n) is 6.48. The summed E-state index contributed by atoms with van der Waals surface area (Å²) in [6.07, 6.45) is 10.5. The van der Waals surface area contributed by atoms with Crippen molar-refractivity contribution < 1.29 is 4.79 Å². The lowest BCUT2D eigenvalue weighted by molar-refractivity contribution is -0.138. The molecule has 0 unspecified atom stereocenters. The van der Waals surface area contributed by atoms with E-state index in [2.05, 4.69) is 10.6 Å². The summed E-state index contributed by atoms with van der Waals surface area (Å²) >= 11 is 0. The van der Waals surface area contributed by atoms with Gasteiger partial charge in [-0.1, -0.05) is 0 Å². The first-order valence-electron chi connectivity index (χ1n) is 8.80. The fourth-order valence-corrected chi connectivity index (χ4v) is 5.84. The zero-order valence-corrected chi connectivity index (χ0v) is 12.4. The number of nitrogens with one attached hydrogen (secondary N) is 2. The summed E-state index contributed by atoms with van der Waals surface area (Å²) in [6, 6.07) is 0.647. The second-order valence-electron chi connectivity index (χ2n) is 7.83. The monoisotopic (exact) mass is 276 g/mol. The van der Waals surface area contributed by atoms with Gasteiger partial charge in [0.2, 0.25) is 5.91 Å². The van der Waals surface area contributed by atoms with Crippen molar-refractivity contribution in [2.75, 3.05) is 13.1 Å². The third-order valence-corrected chi connectivity index (χ3v) is 6.48. The Morgan fingerprint density at radius 3 is 2.35 bits per heavy atom. The summed E-state index contributed by atoms with van der Waals surface area (Å²) in [6.45, 7) is 2.04. The number of hydrogen-bond donors (Lipinski definition) is 2. The van der Waals surface area contributed by atoms with Crippen molar-refractivity contribution in [2.24, 2.45) is 29.6 Å². The van der Waals surface area contributed by atoms with Crippen LogP contribution in [-0.2, 0) is 4.79 Å². The average molecular weight is 276 g/mol. The maximum absolute atomic E-state index is 12.6. The topological polar surface area (TPSA) is 41.1 Å². The standard InChI is InChI=1S/C17H28N2O/c20-17(19-5-3-15-2-1-4-18-15)16-13-7-11-6-12(9-13)10-14(16)8-11/h11-16,18H,1-10H2,(H,19,20)/t11?,12?,13?,14?,15-,16?/m1/s1. The number of carbonyl (C=O) groups is 1. The first kappa shape index (κ1) is 13.1. The average Bonchev–Trinajstić information content (AvgIpc) is 2.90. The highest BCUT2D eigenvalue weighted by Crippen LogP contribution is 2.56. The van der Waals surface area contributed by atoms with Crippen molar-refractivity contribution in [3.05, 3.63) is 0 Å². The Kier molecular flexibility index (Phi) is 3.49. The number of rotatable bonds is 4. The van der Waals surface area contributed by atoms with Gasteiger partial charge in [-0.15, -0.1) is 0 Å². The number of carbonyl (C=O) groups excluding carboxylic acids is 1. The molecule has 4 bridgehead atoms. The molecule has 1 atom stereocenters. The smallest absolute Gasteiger partial charge is 0.223 e. The molecule has 1 amide bonds. The van der Waals surface area contributed by atoms with Gasteiger partial charge in [0.15, 0.2) is 0 Å². The second-order valence-corrected chi connectivity index (χ2v) is 7.83. The van der Waals surface area contributed by atoms with Crippen LogP contribution in [0.3, 0.4) is 0 Å². The Labute approximate surface area is 122 Å². The van der Waals surface area contributed by atoms with E-state index in [4.69, 9.17) is 0 Å². The molecule has 0 spiro atoms. The molecule has 3 nitrogen and oxygen atoms in total. The van der Waals surface area contributed by atoms with Crippen LogP contribution in [0.25, 0.3) is 0 Å². The van der Waals surface area contributed by atoms with Crippen LogP contribution in [0.1, 0.15) is 51.4 Å². The van der Waals surface area contributed by atoms with Crippen molar-refractivity contribution in [2.45, 2.75) is 57.4 Å². The maximum atomic E-state index is 12.6. The minimum Gasteiger partial charge on any atom is -0.356 e. The Morgan fingerprint density at radius 1 is 1.05 bits per heavy atom. The Bertz CT molecular complexity index is 347. The molecule has 0 aromatic rings. The molecular formula is C17H28N2O. The molecule has 5 fully saturated rings. The highest BCUT2D eigenvalue weighted by molar-refractivity contribution is 5.79. The van der Waals surface area contributed by atoms with Crippen LogP contribution >= 0.6 is 0 Å². The normalized spacial score (nSPS) is 45.8. The molecule has 5 rings (SSSR count). The van der Waals surface area contributed by atoms with E-state index in [0.29, 0.717) is 17.9 Å². The predicted molar refractivity (Wildman–Crippen MR) is 79.2 cm³/mol. The molecule has 1 saturated heterocycles. The second kappa shape index (κ2) is 5.32. The summed E-state index contributed by atoms with van der Waals surface area (Å²) in [5.74, 6) is 4.11. The largest absolute Gasteiger partial charge is 0.356 e. The lowest BCUT2D eigenvalue weighted by Crippen LogP contribution is -2.51. The van der Waals surface area contributed by atoms with Crippen LogP contribution < -0.4 is 10.6 Å². The van der Waals surface area contributed by atoms with E-state index in [9.17, 15) is 4.79 Å². The Morgan fingerprint density at radius 2 is 1.75 bits per heavy atom. The fourth-order valence-electron chi connectivity index (χ4n) is 5.84. The van der Waals surface area contributed by atoms with Gasteiger partial charge in [-0.05, 0) is 81.6 Å². The molecule has 4 aliphatic carbocycles. The SMILES string of the molecule is O=C(NCC[C@H]1CCCN1)C1C2CC3CC(C2)CC1C3. The van der Waals surface area contributed by atoms with E-state index in [1.807, 2.05) is 0 Å². The van der Waals surface area contributed by atoms with Gasteiger partial charge in [-0.3, -0.25) is 4.79 Å². The lowest BCUT2D eigenvalue weighted by atomic mass is 9.51. The molecule has 0 radical (unpaired) electrons. The summed E-state index contributed by atoms with van der Waals surface area (Å²) in [7, 11) is 0. The molecule has 4 saturated carbocycles. The van der Waals surface area contributed by atoms with Crippen LogP contribution in [-0.4, -0.2) is 25.0 Å². The van der Waals surface area contributed by atoms with Gasteiger partial charge in [-0.25, -0.2) is 0 Å². The van der Waals surface area contributed by atoms with Crippen LogP contribution in [0.5, 0.6) is 0 Å². The fraction of sp³-hybridized carbons (Fsp3) is 0.941. The van der Waals surface area contributed by atoms with Gasteiger partial charge >= 0.3 is 0 Å². The van der Waals surface area contributed by atoms with Gasteiger partial charge in [0.1, 0.15) is 0 Å². The Hall–Kier alpha value is -0.570. The zero-order chi connectivity index (χ0) is 13.5. The Balaban J connectivity index is 1.30.